The smallest absolute Gasteiger partial charge is 0.124 e. The number of nitrogens with zero attached hydrogens (tertiary/aromatic N) is 1. The van der Waals surface area contributed by atoms with Crippen molar-refractivity contribution in [2.45, 2.75) is 19.5 Å². The summed E-state index contributed by atoms with van der Waals surface area (Å²) in [7, 11) is 0. The zero-order valence-electron chi connectivity index (χ0n) is 9.01. The van der Waals surface area contributed by atoms with E-state index < -0.39 is 0 Å². The summed E-state index contributed by atoms with van der Waals surface area (Å²) in [6.07, 6.45) is 1.90. The van der Waals surface area contributed by atoms with E-state index in [0.29, 0.717) is 0 Å². The van der Waals surface area contributed by atoms with Crippen LogP contribution in [0.4, 0.5) is 0 Å². The minimum absolute atomic E-state index is 0.131. The molecule has 0 aromatic carbocycles. The van der Waals surface area contributed by atoms with Gasteiger partial charge >= 0.3 is 0 Å². The fraction of sp³-hybridized carbons (Fsp3) is 0.364. The first kappa shape index (κ1) is 11.7. The zero-order chi connectivity index (χ0) is 11.4. The topological polar surface area (TPSA) is 45.1 Å². The Bertz CT molecular complexity index is 425. The van der Waals surface area contributed by atoms with Gasteiger partial charge in [-0.05, 0) is 18.4 Å². The summed E-state index contributed by atoms with van der Waals surface area (Å²) in [5.74, 6) is 0. The Morgan fingerprint density at radius 2 is 2.44 bits per heavy atom. The maximum Gasteiger partial charge on any atom is 0.124 e. The fourth-order valence-corrected chi connectivity index (χ4v) is 2.82. The molecule has 0 amide bonds. The predicted octanol–water partition coefficient (Wildman–Crippen LogP) is 2.34. The number of rotatable bonds is 5. The van der Waals surface area contributed by atoms with Crippen molar-refractivity contribution < 1.29 is 5.11 Å². The van der Waals surface area contributed by atoms with Crippen molar-refractivity contribution in [1.29, 1.82) is 0 Å². The molecule has 0 aliphatic rings. The van der Waals surface area contributed by atoms with Crippen LogP contribution in [0.2, 0.25) is 0 Å². The Labute approximate surface area is 103 Å². The molecule has 0 bridgehead atoms. The molecule has 0 unspecified atom stereocenters. The van der Waals surface area contributed by atoms with Crippen molar-refractivity contribution in [3.8, 4) is 10.6 Å². The minimum Gasteiger partial charge on any atom is -0.395 e. The number of hydrogen-bond acceptors (Lipinski definition) is 5. The molecule has 5 heteroatoms. The van der Waals surface area contributed by atoms with Crippen LogP contribution >= 0.6 is 22.7 Å². The van der Waals surface area contributed by atoms with Gasteiger partial charge in [-0.3, -0.25) is 0 Å². The molecule has 0 saturated carbocycles. The monoisotopic (exact) mass is 254 g/mol. The molecular formula is C11H14N2OS2. The summed E-state index contributed by atoms with van der Waals surface area (Å²) in [6, 6.07) is 2.21. The summed E-state index contributed by atoms with van der Waals surface area (Å²) in [5, 5.41) is 17.4. The second kappa shape index (κ2) is 5.54. The Balaban J connectivity index is 1.98. The average molecular weight is 254 g/mol. The summed E-state index contributed by atoms with van der Waals surface area (Å²) >= 11 is 3.38. The molecule has 0 saturated heterocycles. The Morgan fingerprint density at radius 3 is 3.12 bits per heavy atom. The van der Waals surface area contributed by atoms with Crippen molar-refractivity contribution in [1.82, 2.24) is 10.3 Å². The van der Waals surface area contributed by atoms with Crippen LogP contribution in [-0.2, 0) is 6.54 Å². The Morgan fingerprint density at radius 1 is 1.56 bits per heavy atom. The number of nitrogens with one attached hydrogen (secondary N) is 1. The molecule has 0 aliphatic carbocycles. The van der Waals surface area contributed by atoms with E-state index in [1.807, 2.05) is 13.1 Å². The van der Waals surface area contributed by atoms with Gasteiger partial charge in [-0.1, -0.05) is 0 Å². The number of thiazole rings is 1. The van der Waals surface area contributed by atoms with Gasteiger partial charge in [-0.2, -0.15) is 11.3 Å². The van der Waals surface area contributed by atoms with E-state index in [4.69, 9.17) is 5.11 Å². The maximum absolute atomic E-state index is 8.89. The number of hydrogen-bond donors (Lipinski definition) is 2. The lowest BCUT2D eigenvalue weighted by Crippen LogP contribution is -2.28. The first-order valence-electron chi connectivity index (χ1n) is 5.11. The van der Waals surface area contributed by atoms with Crippen molar-refractivity contribution >= 4 is 22.7 Å². The highest BCUT2D eigenvalue weighted by atomic mass is 32.1. The third-order valence-corrected chi connectivity index (χ3v) is 3.95. The van der Waals surface area contributed by atoms with Gasteiger partial charge in [0.25, 0.3) is 0 Å². The van der Waals surface area contributed by atoms with Crippen LogP contribution in [0.15, 0.2) is 23.0 Å². The van der Waals surface area contributed by atoms with E-state index in [9.17, 15) is 0 Å². The third-order valence-electron chi connectivity index (χ3n) is 2.22. The lowest BCUT2D eigenvalue weighted by molar-refractivity contribution is 0.251. The van der Waals surface area contributed by atoms with Gasteiger partial charge in [-0.25, -0.2) is 4.98 Å². The number of aromatic nitrogens is 1. The standard InChI is InChI=1S/C11H14N2OS2/c1-8(6-14)12-4-10-5-13-11(16-10)9-2-3-15-7-9/h2-3,5,7-8,12,14H,4,6H2,1H3/t8-/m0/s1. The van der Waals surface area contributed by atoms with E-state index in [0.717, 1.165) is 11.6 Å². The summed E-state index contributed by atoms with van der Waals surface area (Å²) in [5.41, 5.74) is 1.19. The van der Waals surface area contributed by atoms with Crippen LogP contribution in [0.5, 0.6) is 0 Å². The second-order valence-electron chi connectivity index (χ2n) is 3.61. The normalized spacial score (nSPS) is 12.9. The van der Waals surface area contributed by atoms with E-state index in [1.54, 1.807) is 22.7 Å². The highest BCUT2D eigenvalue weighted by Gasteiger charge is 2.06. The molecular weight excluding hydrogens is 240 g/mol. The number of thiophene rings is 1. The average Bonchev–Trinajstić information content (AvgIpc) is 2.95. The molecule has 2 aromatic rings. The molecule has 0 spiro atoms. The third kappa shape index (κ3) is 2.89. The molecule has 86 valence electrons. The zero-order valence-corrected chi connectivity index (χ0v) is 10.6. The number of aliphatic hydroxyl groups excluding tert-OH is 1. The minimum atomic E-state index is 0.131. The van der Waals surface area contributed by atoms with E-state index in [1.165, 1.54) is 10.4 Å². The van der Waals surface area contributed by atoms with Gasteiger partial charge in [0.15, 0.2) is 0 Å². The van der Waals surface area contributed by atoms with E-state index in [2.05, 4.69) is 27.1 Å². The van der Waals surface area contributed by atoms with Crippen LogP contribution in [0.25, 0.3) is 10.6 Å². The first-order chi connectivity index (χ1) is 7.79. The van der Waals surface area contributed by atoms with Gasteiger partial charge in [0.05, 0.1) is 6.61 Å². The predicted molar refractivity (Wildman–Crippen MR) is 68.8 cm³/mol. The van der Waals surface area contributed by atoms with Gasteiger partial charge in [0.1, 0.15) is 5.01 Å². The van der Waals surface area contributed by atoms with Gasteiger partial charge in [-0.15, -0.1) is 11.3 Å². The van der Waals surface area contributed by atoms with Crippen LogP contribution < -0.4 is 5.32 Å². The van der Waals surface area contributed by atoms with Crippen molar-refractivity contribution in [2.24, 2.45) is 0 Å². The lowest BCUT2D eigenvalue weighted by atomic mass is 10.3. The highest BCUT2D eigenvalue weighted by Crippen LogP contribution is 2.26. The highest BCUT2D eigenvalue weighted by molar-refractivity contribution is 7.15. The molecule has 2 rings (SSSR count). The molecule has 1 atom stereocenters. The van der Waals surface area contributed by atoms with Crippen LogP contribution in [0.3, 0.4) is 0 Å². The molecule has 0 aliphatic heterocycles. The quantitative estimate of drug-likeness (QED) is 0.861. The Hall–Kier alpha value is -0.750. The fourth-order valence-electron chi connectivity index (χ4n) is 1.25. The largest absolute Gasteiger partial charge is 0.395 e. The molecule has 0 fully saturated rings. The molecule has 2 aromatic heterocycles. The molecule has 0 radical (unpaired) electrons. The molecule has 2 N–H and O–H groups in total. The lowest BCUT2D eigenvalue weighted by Gasteiger charge is -2.08. The van der Waals surface area contributed by atoms with Crippen LogP contribution in [0.1, 0.15) is 11.8 Å². The van der Waals surface area contributed by atoms with Gasteiger partial charge in [0.2, 0.25) is 0 Å². The van der Waals surface area contributed by atoms with Gasteiger partial charge < -0.3 is 10.4 Å². The number of aliphatic hydroxyl groups is 1. The molecule has 3 nitrogen and oxygen atoms in total. The van der Waals surface area contributed by atoms with Crippen molar-refractivity contribution in [2.75, 3.05) is 6.61 Å². The van der Waals surface area contributed by atoms with E-state index in [-0.39, 0.29) is 12.6 Å². The first-order valence-corrected chi connectivity index (χ1v) is 6.87. The molecule has 2 heterocycles. The van der Waals surface area contributed by atoms with E-state index >= 15 is 0 Å². The van der Waals surface area contributed by atoms with Crippen LogP contribution in [0, 0.1) is 0 Å². The summed E-state index contributed by atoms with van der Waals surface area (Å²) in [6.45, 7) is 2.89. The van der Waals surface area contributed by atoms with Gasteiger partial charge in [0, 0.05) is 34.6 Å². The maximum atomic E-state index is 8.89. The van der Waals surface area contributed by atoms with Crippen molar-refractivity contribution in [3.63, 3.8) is 0 Å². The molecule has 16 heavy (non-hydrogen) atoms. The van der Waals surface area contributed by atoms with Crippen molar-refractivity contribution in [3.05, 3.63) is 27.9 Å². The summed E-state index contributed by atoms with van der Waals surface area (Å²) in [4.78, 5) is 5.58. The Kier molecular flexibility index (Phi) is 4.06. The van der Waals surface area contributed by atoms with Crippen LogP contribution in [-0.4, -0.2) is 22.7 Å². The summed E-state index contributed by atoms with van der Waals surface area (Å²) < 4.78 is 0. The second-order valence-corrected chi connectivity index (χ2v) is 5.50. The SMILES string of the molecule is C[C@@H](CO)NCc1cnc(-c2ccsc2)s1.